The van der Waals surface area contributed by atoms with E-state index in [4.69, 9.17) is 0 Å². The summed E-state index contributed by atoms with van der Waals surface area (Å²) in [6, 6.07) is 7.74. The number of fused-ring (bicyclic) bond motifs is 1. The summed E-state index contributed by atoms with van der Waals surface area (Å²) in [6.45, 7) is 4.04. The van der Waals surface area contributed by atoms with Gasteiger partial charge in [-0.05, 0) is 31.0 Å². The molecule has 18 heavy (non-hydrogen) atoms. The molecule has 100 valence electrons. The number of hydrogen-bond donors (Lipinski definition) is 1. The lowest BCUT2D eigenvalue weighted by molar-refractivity contribution is 0.586. The highest BCUT2D eigenvalue weighted by Crippen LogP contribution is 2.29. The average molecular weight is 268 g/mol. The SMILES string of the molecule is CCCNCCS(=O)(=O)N1CCc2ccccc21. The number of hydrogen-bond acceptors (Lipinski definition) is 3. The zero-order valence-electron chi connectivity index (χ0n) is 10.7. The van der Waals surface area contributed by atoms with Crippen LogP contribution < -0.4 is 9.62 Å². The summed E-state index contributed by atoms with van der Waals surface area (Å²) in [5.74, 6) is 0.168. The molecule has 2 rings (SSSR count). The molecule has 0 amide bonds. The van der Waals surface area contributed by atoms with E-state index in [2.05, 4.69) is 12.2 Å². The lowest BCUT2D eigenvalue weighted by Gasteiger charge is -2.19. The van der Waals surface area contributed by atoms with Gasteiger partial charge >= 0.3 is 0 Å². The van der Waals surface area contributed by atoms with Gasteiger partial charge in [0.05, 0.1) is 11.4 Å². The van der Waals surface area contributed by atoms with Crippen LogP contribution in [0.1, 0.15) is 18.9 Å². The van der Waals surface area contributed by atoms with Crippen LogP contribution in [-0.2, 0) is 16.4 Å². The number of para-hydroxylation sites is 1. The van der Waals surface area contributed by atoms with Crippen LogP contribution in [0.5, 0.6) is 0 Å². The van der Waals surface area contributed by atoms with Gasteiger partial charge in [0.25, 0.3) is 0 Å². The Labute approximate surface area is 109 Å². The normalized spacial score (nSPS) is 14.8. The van der Waals surface area contributed by atoms with Crippen LogP contribution in [-0.4, -0.2) is 33.8 Å². The summed E-state index contributed by atoms with van der Waals surface area (Å²) in [6.07, 6.45) is 1.84. The Kier molecular flexibility index (Phi) is 4.24. The lowest BCUT2D eigenvalue weighted by Crippen LogP contribution is -2.35. The molecule has 1 aromatic rings. The molecular formula is C13H20N2O2S. The molecule has 1 heterocycles. The van der Waals surface area contributed by atoms with Crippen molar-refractivity contribution in [1.82, 2.24) is 5.32 Å². The molecule has 1 aliphatic rings. The van der Waals surface area contributed by atoms with E-state index in [1.54, 1.807) is 4.31 Å². The molecule has 0 spiro atoms. The largest absolute Gasteiger partial charge is 0.316 e. The zero-order chi connectivity index (χ0) is 13.0. The van der Waals surface area contributed by atoms with Gasteiger partial charge in [-0.15, -0.1) is 0 Å². The number of nitrogens with zero attached hydrogens (tertiary/aromatic N) is 1. The molecule has 0 fully saturated rings. The van der Waals surface area contributed by atoms with E-state index in [0.29, 0.717) is 13.1 Å². The van der Waals surface area contributed by atoms with Gasteiger partial charge in [0.15, 0.2) is 0 Å². The Bertz CT molecular complexity index is 499. The minimum Gasteiger partial charge on any atom is -0.316 e. The smallest absolute Gasteiger partial charge is 0.236 e. The Hall–Kier alpha value is -1.07. The molecule has 1 aromatic carbocycles. The summed E-state index contributed by atoms with van der Waals surface area (Å²) in [4.78, 5) is 0. The van der Waals surface area contributed by atoms with Crippen LogP contribution in [0.3, 0.4) is 0 Å². The molecule has 4 nitrogen and oxygen atoms in total. The number of nitrogens with one attached hydrogen (secondary N) is 1. The summed E-state index contributed by atoms with van der Waals surface area (Å²) < 4.78 is 26.0. The fraction of sp³-hybridized carbons (Fsp3) is 0.538. The number of benzene rings is 1. The Morgan fingerprint density at radius 1 is 1.28 bits per heavy atom. The highest BCUT2D eigenvalue weighted by molar-refractivity contribution is 7.92. The fourth-order valence-corrected chi connectivity index (χ4v) is 3.68. The quantitative estimate of drug-likeness (QED) is 0.793. The Morgan fingerprint density at radius 3 is 2.83 bits per heavy atom. The maximum absolute atomic E-state index is 12.2. The first-order valence-corrected chi connectivity index (χ1v) is 8.05. The standard InChI is InChI=1S/C13H20N2O2S/c1-2-8-14-9-11-18(16,17)15-10-7-12-5-3-4-6-13(12)15/h3-6,14H,2,7-11H2,1H3. The number of rotatable bonds is 6. The second-order valence-electron chi connectivity index (χ2n) is 4.52. The number of sulfonamides is 1. The molecule has 0 bridgehead atoms. The Morgan fingerprint density at radius 2 is 2.06 bits per heavy atom. The van der Waals surface area contributed by atoms with Crippen molar-refractivity contribution < 1.29 is 8.42 Å². The molecular weight excluding hydrogens is 248 g/mol. The van der Waals surface area contributed by atoms with Gasteiger partial charge in [-0.3, -0.25) is 4.31 Å². The maximum Gasteiger partial charge on any atom is 0.236 e. The molecule has 1 aliphatic heterocycles. The van der Waals surface area contributed by atoms with Crippen molar-refractivity contribution in [3.8, 4) is 0 Å². The molecule has 0 unspecified atom stereocenters. The third-order valence-corrected chi connectivity index (χ3v) is 4.91. The first-order valence-electron chi connectivity index (χ1n) is 6.44. The van der Waals surface area contributed by atoms with Gasteiger partial charge in [0, 0.05) is 13.1 Å². The topological polar surface area (TPSA) is 49.4 Å². The van der Waals surface area contributed by atoms with Crippen molar-refractivity contribution in [3.05, 3.63) is 29.8 Å². The van der Waals surface area contributed by atoms with Crippen molar-refractivity contribution in [2.75, 3.05) is 29.7 Å². The van der Waals surface area contributed by atoms with E-state index in [0.717, 1.165) is 30.6 Å². The highest BCUT2D eigenvalue weighted by Gasteiger charge is 2.28. The van der Waals surface area contributed by atoms with Crippen molar-refractivity contribution >= 4 is 15.7 Å². The van der Waals surface area contributed by atoms with E-state index in [-0.39, 0.29) is 5.75 Å². The number of anilines is 1. The van der Waals surface area contributed by atoms with E-state index in [1.165, 1.54) is 0 Å². The van der Waals surface area contributed by atoms with Crippen LogP contribution in [0.25, 0.3) is 0 Å². The third-order valence-electron chi connectivity index (χ3n) is 3.14. The zero-order valence-corrected chi connectivity index (χ0v) is 11.5. The van der Waals surface area contributed by atoms with Crippen molar-refractivity contribution in [2.24, 2.45) is 0 Å². The van der Waals surface area contributed by atoms with Crippen molar-refractivity contribution in [3.63, 3.8) is 0 Å². The average Bonchev–Trinajstić information content (AvgIpc) is 2.79. The van der Waals surface area contributed by atoms with E-state index >= 15 is 0 Å². The molecule has 0 atom stereocenters. The second-order valence-corrected chi connectivity index (χ2v) is 6.53. The van der Waals surface area contributed by atoms with Gasteiger partial charge in [0.2, 0.25) is 10.0 Å². The molecule has 0 saturated heterocycles. The van der Waals surface area contributed by atoms with E-state index in [1.807, 2.05) is 24.3 Å². The van der Waals surface area contributed by atoms with Crippen molar-refractivity contribution in [2.45, 2.75) is 19.8 Å². The summed E-state index contributed by atoms with van der Waals surface area (Å²) in [7, 11) is -3.18. The van der Waals surface area contributed by atoms with Crippen molar-refractivity contribution in [1.29, 1.82) is 0 Å². The van der Waals surface area contributed by atoms with Gasteiger partial charge in [-0.2, -0.15) is 0 Å². The van der Waals surface area contributed by atoms with Crippen LogP contribution >= 0.6 is 0 Å². The molecule has 0 saturated carbocycles. The fourth-order valence-electron chi connectivity index (χ4n) is 2.21. The van der Waals surface area contributed by atoms with Crippen LogP contribution in [0, 0.1) is 0 Å². The summed E-state index contributed by atoms with van der Waals surface area (Å²) in [5.41, 5.74) is 1.98. The van der Waals surface area contributed by atoms with Gasteiger partial charge in [-0.1, -0.05) is 25.1 Å². The highest BCUT2D eigenvalue weighted by atomic mass is 32.2. The predicted molar refractivity (Wildman–Crippen MR) is 74.4 cm³/mol. The monoisotopic (exact) mass is 268 g/mol. The Balaban J connectivity index is 2.04. The summed E-state index contributed by atoms with van der Waals surface area (Å²) in [5, 5.41) is 3.13. The first kappa shape index (κ1) is 13.4. The van der Waals surface area contributed by atoms with Gasteiger partial charge < -0.3 is 5.32 Å². The van der Waals surface area contributed by atoms with E-state index in [9.17, 15) is 8.42 Å². The predicted octanol–water partition coefficient (Wildman–Crippen LogP) is 1.38. The lowest BCUT2D eigenvalue weighted by atomic mass is 10.2. The minimum atomic E-state index is -3.18. The maximum atomic E-state index is 12.2. The first-order chi connectivity index (χ1) is 8.65. The second kappa shape index (κ2) is 5.71. The molecule has 1 N–H and O–H groups in total. The minimum absolute atomic E-state index is 0.168. The molecule has 0 radical (unpaired) electrons. The van der Waals surface area contributed by atoms with E-state index < -0.39 is 10.0 Å². The van der Waals surface area contributed by atoms with Gasteiger partial charge in [0.1, 0.15) is 0 Å². The van der Waals surface area contributed by atoms with Gasteiger partial charge in [-0.25, -0.2) is 8.42 Å². The van der Waals surface area contributed by atoms with Crippen LogP contribution in [0.2, 0.25) is 0 Å². The molecule has 0 aromatic heterocycles. The summed E-state index contributed by atoms with van der Waals surface area (Å²) >= 11 is 0. The van der Waals surface area contributed by atoms with Crippen LogP contribution in [0.15, 0.2) is 24.3 Å². The molecule has 0 aliphatic carbocycles. The molecule has 5 heteroatoms. The third kappa shape index (κ3) is 2.84. The van der Waals surface area contributed by atoms with Crippen LogP contribution in [0.4, 0.5) is 5.69 Å².